The van der Waals surface area contributed by atoms with Gasteiger partial charge in [-0.1, -0.05) is 6.07 Å². The Morgan fingerprint density at radius 1 is 1.21 bits per heavy atom. The molecule has 1 N–H and O–H groups in total. The molecule has 2 atom stereocenters. The van der Waals surface area contributed by atoms with E-state index < -0.39 is 5.97 Å². The third-order valence-corrected chi connectivity index (χ3v) is 3.52. The lowest BCUT2D eigenvalue weighted by molar-refractivity contribution is -0.0305. The molecular weight excluding hydrogens is 248 g/mol. The zero-order valence-electron chi connectivity index (χ0n) is 10.3. The molecule has 1 aromatic heterocycles. The average molecular weight is 262 g/mol. The summed E-state index contributed by atoms with van der Waals surface area (Å²) in [5, 5.41) is 8.89. The van der Waals surface area contributed by atoms with Gasteiger partial charge in [-0.2, -0.15) is 0 Å². The van der Waals surface area contributed by atoms with Crippen molar-refractivity contribution in [3.05, 3.63) is 29.6 Å². The molecule has 1 amide bonds. The normalized spacial score (nSPS) is 25.4. The van der Waals surface area contributed by atoms with Crippen molar-refractivity contribution in [1.82, 2.24) is 9.88 Å². The van der Waals surface area contributed by atoms with Gasteiger partial charge in [0, 0.05) is 13.1 Å². The largest absolute Gasteiger partial charge is 0.477 e. The number of likely N-dealkylation sites (tertiary alicyclic amines) is 1. The van der Waals surface area contributed by atoms with E-state index in [1.807, 2.05) is 0 Å². The quantitative estimate of drug-likeness (QED) is 0.852. The highest BCUT2D eigenvalue weighted by atomic mass is 16.5. The van der Waals surface area contributed by atoms with Crippen LogP contribution in [0.15, 0.2) is 18.2 Å². The Kier molecular flexibility index (Phi) is 2.94. The first kappa shape index (κ1) is 12.1. The fourth-order valence-electron chi connectivity index (χ4n) is 2.62. The van der Waals surface area contributed by atoms with Crippen LogP contribution in [-0.4, -0.2) is 52.2 Å². The van der Waals surface area contributed by atoms with Crippen LogP contribution in [0, 0.1) is 0 Å². The first-order chi connectivity index (χ1) is 9.13. The van der Waals surface area contributed by atoms with Crippen LogP contribution >= 0.6 is 0 Å². The minimum Gasteiger partial charge on any atom is -0.477 e. The van der Waals surface area contributed by atoms with E-state index in [4.69, 9.17) is 9.84 Å². The topological polar surface area (TPSA) is 79.7 Å². The molecule has 2 saturated heterocycles. The number of rotatable bonds is 2. The number of morpholine rings is 1. The van der Waals surface area contributed by atoms with Crippen LogP contribution in [0.1, 0.15) is 33.8 Å². The van der Waals surface area contributed by atoms with Crippen molar-refractivity contribution in [3.8, 4) is 0 Å². The van der Waals surface area contributed by atoms with Crippen LogP contribution in [0.2, 0.25) is 0 Å². The molecule has 0 radical (unpaired) electrons. The monoisotopic (exact) mass is 262 g/mol. The summed E-state index contributed by atoms with van der Waals surface area (Å²) in [5.41, 5.74) is 0.0725. The van der Waals surface area contributed by atoms with Crippen LogP contribution in [0.3, 0.4) is 0 Å². The van der Waals surface area contributed by atoms with Gasteiger partial charge in [-0.3, -0.25) is 4.79 Å². The van der Waals surface area contributed by atoms with E-state index in [9.17, 15) is 9.59 Å². The summed E-state index contributed by atoms with van der Waals surface area (Å²) in [6, 6.07) is 4.47. The number of fused-ring (bicyclic) bond motifs is 2. The molecule has 1 aromatic rings. The lowest BCUT2D eigenvalue weighted by atomic mass is 10.2. The Labute approximate surface area is 110 Å². The van der Waals surface area contributed by atoms with Gasteiger partial charge in [0.15, 0.2) is 0 Å². The van der Waals surface area contributed by atoms with Gasteiger partial charge in [0.25, 0.3) is 5.91 Å². The molecule has 0 aromatic carbocycles. The number of carbonyl (C=O) groups excluding carboxylic acids is 1. The van der Waals surface area contributed by atoms with Gasteiger partial charge >= 0.3 is 5.97 Å². The molecule has 100 valence electrons. The van der Waals surface area contributed by atoms with Crippen molar-refractivity contribution in [2.75, 3.05) is 13.1 Å². The van der Waals surface area contributed by atoms with Crippen molar-refractivity contribution in [3.63, 3.8) is 0 Å². The fraction of sp³-hybridized carbons (Fsp3) is 0.462. The van der Waals surface area contributed by atoms with Gasteiger partial charge in [0.05, 0.1) is 12.2 Å². The van der Waals surface area contributed by atoms with Gasteiger partial charge in [-0.25, -0.2) is 9.78 Å². The Morgan fingerprint density at radius 2 is 1.84 bits per heavy atom. The third kappa shape index (κ3) is 2.31. The first-order valence-electron chi connectivity index (χ1n) is 6.28. The lowest BCUT2D eigenvalue weighted by Gasteiger charge is -2.31. The second-order valence-corrected chi connectivity index (χ2v) is 4.88. The maximum Gasteiger partial charge on any atom is 0.354 e. The number of carboxylic acid groups (broad SMARTS) is 1. The van der Waals surface area contributed by atoms with Crippen LogP contribution in [0.25, 0.3) is 0 Å². The number of carbonyl (C=O) groups is 2. The number of carboxylic acids is 1. The molecule has 2 aliphatic heterocycles. The smallest absolute Gasteiger partial charge is 0.354 e. The highest BCUT2D eigenvalue weighted by Gasteiger charge is 2.36. The minimum absolute atomic E-state index is 0.109. The maximum atomic E-state index is 12.3. The summed E-state index contributed by atoms with van der Waals surface area (Å²) in [6.07, 6.45) is 2.20. The van der Waals surface area contributed by atoms with Gasteiger partial charge in [-0.05, 0) is 25.0 Å². The third-order valence-electron chi connectivity index (χ3n) is 3.52. The number of nitrogens with zero attached hydrogens (tertiary/aromatic N) is 2. The second kappa shape index (κ2) is 4.62. The van der Waals surface area contributed by atoms with Crippen LogP contribution in [-0.2, 0) is 4.74 Å². The molecule has 3 rings (SSSR count). The maximum absolute atomic E-state index is 12.3. The van der Waals surface area contributed by atoms with Gasteiger partial charge < -0.3 is 14.7 Å². The van der Waals surface area contributed by atoms with Gasteiger partial charge in [0.2, 0.25) is 0 Å². The molecular formula is C13H14N2O4. The van der Waals surface area contributed by atoms with Crippen molar-refractivity contribution >= 4 is 11.9 Å². The molecule has 0 spiro atoms. The highest BCUT2D eigenvalue weighted by Crippen LogP contribution is 2.26. The number of pyridine rings is 1. The van der Waals surface area contributed by atoms with Crippen LogP contribution in [0.4, 0.5) is 0 Å². The SMILES string of the molecule is O=C(O)c1cccc(C(=O)N2CC3CCC(C2)O3)n1. The van der Waals surface area contributed by atoms with E-state index in [2.05, 4.69) is 4.98 Å². The summed E-state index contributed by atoms with van der Waals surface area (Å²) in [7, 11) is 0. The number of hydrogen-bond acceptors (Lipinski definition) is 4. The predicted octanol–water partition coefficient (Wildman–Crippen LogP) is 0.783. The minimum atomic E-state index is -1.13. The zero-order valence-corrected chi connectivity index (χ0v) is 10.3. The predicted molar refractivity (Wildman–Crippen MR) is 65.0 cm³/mol. The second-order valence-electron chi connectivity index (χ2n) is 4.88. The first-order valence-corrected chi connectivity index (χ1v) is 6.28. The summed E-state index contributed by atoms with van der Waals surface area (Å²) in [4.78, 5) is 28.8. The van der Waals surface area contributed by atoms with E-state index in [0.717, 1.165) is 12.8 Å². The van der Waals surface area contributed by atoms with E-state index in [1.165, 1.54) is 6.07 Å². The molecule has 2 aliphatic rings. The summed E-state index contributed by atoms with van der Waals surface area (Å²) in [6.45, 7) is 1.13. The Balaban J connectivity index is 1.80. The Hall–Kier alpha value is -1.95. The molecule has 6 nitrogen and oxygen atoms in total. The van der Waals surface area contributed by atoms with E-state index >= 15 is 0 Å². The number of amides is 1. The molecule has 6 heteroatoms. The van der Waals surface area contributed by atoms with Crippen molar-refractivity contribution < 1.29 is 19.4 Å². The van der Waals surface area contributed by atoms with E-state index in [-0.39, 0.29) is 29.5 Å². The molecule has 0 saturated carbocycles. The van der Waals surface area contributed by atoms with E-state index in [0.29, 0.717) is 13.1 Å². The molecule has 3 heterocycles. The molecule has 2 fully saturated rings. The Bertz CT molecular complexity index is 519. The summed E-state index contributed by atoms with van der Waals surface area (Å²) >= 11 is 0. The summed E-state index contributed by atoms with van der Waals surface area (Å²) < 4.78 is 5.67. The van der Waals surface area contributed by atoms with Crippen LogP contribution < -0.4 is 0 Å². The lowest BCUT2D eigenvalue weighted by Crippen LogP contribution is -2.46. The molecule has 2 bridgehead atoms. The highest BCUT2D eigenvalue weighted by molar-refractivity contribution is 5.94. The van der Waals surface area contributed by atoms with Crippen molar-refractivity contribution in [2.24, 2.45) is 0 Å². The summed E-state index contributed by atoms with van der Waals surface area (Å²) in [5.74, 6) is -1.35. The zero-order chi connectivity index (χ0) is 13.4. The fourth-order valence-corrected chi connectivity index (χ4v) is 2.62. The average Bonchev–Trinajstić information content (AvgIpc) is 2.76. The molecule has 0 aliphatic carbocycles. The molecule has 19 heavy (non-hydrogen) atoms. The number of aromatic nitrogens is 1. The van der Waals surface area contributed by atoms with Crippen LogP contribution in [0.5, 0.6) is 0 Å². The number of aromatic carboxylic acids is 1. The Morgan fingerprint density at radius 3 is 2.47 bits per heavy atom. The number of hydrogen-bond donors (Lipinski definition) is 1. The van der Waals surface area contributed by atoms with Gasteiger partial charge in [0.1, 0.15) is 11.4 Å². The molecule has 2 unspecified atom stereocenters. The standard InChI is InChI=1S/C13H14N2O4/c16-12(10-2-1-3-11(14-10)13(17)18)15-6-8-4-5-9(7-15)19-8/h1-3,8-9H,4-7H2,(H,17,18). The van der Waals surface area contributed by atoms with Crippen molar-refractivity contribution in [1.29, 1.82) is 0 Å². The van der Waals surface area contributed by atoms with E-state index in [1.54, 1.807) is 17.0 Å². The number of ether oxygens (including phenoxy) is 1. The van der Waals surface area contributed by atoms with Gasteiger partial charge in [-0.15, -0.1) is 0 Å². The van der Waals surface area contributed by atoms with Crippen molar-refractivity contribution in [2.45, 2.75) is 25.0 Å².